The number of hydrogen-bond acceptors (Lipinski definition) is 4. The van der Waals surface area contributed by atoms with Crippen LogP contribution in [0.3, 0.4) is 0 Å². The second kappa shape index (κ2) is 5.01. The van der Waals surface area contributed by atoms with Gasteiger partial charge in [0.1, 0.15) is 0 Å². The Balaban J connectivity index is 1.95. The summed E-state index contributed by atoms with van der Waals surface area (Å²) in [6.45, 7) is 2.12. The molecule has 0 fully saturated rings. The summed E-state index contributed by atoms with van der Waals surface area (Å²) >= 11 is 0. The Labute approximate surface area is 92.8 Å². The summed E-state index contributed by atoms with van der Waals surface area (Å²) in [6, 6.07) is 8.12. The first-order chi connectivity index (χ1) is 7.88. The highest BCUT2D eigenvalue weighted by molar-refractivity contribution is 5.80. The lowest BCUT2D eigenvalue weighted by molar-refractivity contribution is 0.881. The second-order valence-corrected chi connectivity index (χ2v) is 3.15. The summed E-state index contributed by atoms with van der Waals surface area (Å²) in [5, 5.41) is 16.8. The molecule has 82 valence electrons. The Morgan fingerprint density at radius 3 is 2.81 bits per heavy atom. The molecule has 2 aromatic rings. The molecule has 16 heavy (non-hydrogen) atoms. The summed E-state index contributed by atoms with van der Waals surface area (Å²) in [5.74, 6) is 0.224. The van der Waals surface area contributed by atoms with Crippen molar-refractivity contribution in [2.24, 2.45) is 5.10 Å². The number of nitrogens with zero attached hydrogens (tertiary/aromatic N) is 5. The van der Waals surface area contributed by atoms with Gasteiger partial charge in [0.05, 0.1) is 5.95 Å². The molecule has 1 N–H and O–H groups in total. The predicted molar refractivity (Wildman–Crippen MR) is 60.6 cm³/mol. The van der Waals surface area contributed by atoms with Gasteiger partial charge in [-0.1, -0.05) is 31.2 Å². The third-order valence-electron chi connectivity index (χ3n) is 2.08. The van der Waals surface area contributed by atoms with E-state index in [1.807, 2.05) is 12.1 Å². The van der Waals surface area contributed by atoms with Gasteiger partial charge in [-0.05, 0) is 17.5 Å². The molecule has 1 aromatic heterocycles. The van der Waals surface area contributed by atoms with Crippen molar-refractivity contribution < 1.29 is 0 Å². The fraction of sp³-hybridized carbons (Fsp3) is 0.200. The predicted octanol–water partition coefficient (Wildman–Crippen LogP) is 1.80. The number of benzene rings is 1. The molecule has 0 saturated heterocycles. The maximum atomic E-state index is 3.85. The molecule has 0 saturated carbocycles. The van der Waals surface area contributed by atoms with Crippen LogP contribution in [-0.4, -0.2) is 26.8 Å². The van der Waals surface area contributed by atoms with E-state index in [-0.39, 0.29) is 5.95 Å². The Hall–Kier alpha value is -2.24. The van der Waals surface area contributed by atoms with E-state index in [0.717, 1.165) is 12.0 Å². The highest BCUT2D eigenvalue weighted by atomic mass is 15.5. The Morgan fingerprint density at radius 1 is 1.38 bits per heavy atom. The normalized spacial score (nSPS) is 10.8. The number of H-pyrrole nitrogens is 1. The van der Waals surface area contributed by atoms with Crippen LogP contribution in [0.1, 0.15) is 18.1 Å². The zero-order chi connectivity index (χ0) is 11.2. The standard InChI is InChI=1S/C10H11N6/c1-2-8-3-5-9(6-4-8)7-11-12-10-13-15-16-14-10/h3-7H,2H2,1H3,(H-,12,13,14,15,16)/q-1/b11-7-. The molecule has 0 aliphatic rings. The van der Waals surface area contributed by atoms with Crippen molar-refractivity contribution in [2.75, 3.05) is 0 Å². The number of nitrogens with one attached hydrogen (secondary N) is 1. The maximum Gasteiger partial charge on any atom is 0.0830 e. The van der Waals surface area contributed by atoms with Crippen molar-refractivity contribution in [3.63, 3.8) is 0 Å². The van der Waals surface area contributed by atoms with Crippen molar-refractivity contribution in [3.8, 4) is 0 Å². The number of aromatic nitrogens is 4. The molecule has 0 atom stereocenters. The zero-order valence-electron chi connectivity index (χ0n) is 8.83. The summed E-state index contributed by atoms with van der Waals surface area (Å²) in [5.41, 5.74) is 6.05. The van der Waals surface area contributed by atoms with Crippen molar-refractivity contribution in [1.29, 1.82) is 0 Å². The van der Waals surface area contributed by atoms with E-state index in [0.29, 0.717) is 0 Å². The molecule has 6 heteroatoms. The molecule has 0 radical (unpaired) electrons. The number of hydrogen-bond donors (Lipinski definition) is 1. The average Bonchev–Trinajstić information content (AvgIpc) is 2.83. The molecule has 1 aromatic carbocycles. The van der Waals surface area contributed by atoms with Crippen molar-refractivity contribution in [1.82, 2.24) is 20.6 Å². The first kappa shape index (κ1) is 10.3. The minimum atomic E-state index is 0.224. The molecule has 0 unspecified atom stereocenters. The lowest BCUT2D eigenvalue weighted by atomic mass is 10.1. The lowest BCUT2D eigenvalue weighted by Crippen LogP contribution is -1.83. The molecule has 0 bridgehead atoms. The summed E-state index contributed by atoms with van der Waals surface area (Å²) in [4.78, 5) is 0. The van der Waals surface area contributed by atoms with Gasteiger partial charge in [-0.15, -0.1) is 5.21 Å². The first-order valence-electron chi connectivity index (χ1n) is 4.95. The minimum absolute atomic E-state index is 0.224. The Bertz CT molecular complexity index is 445. The molecule has 0 amide bonds. The zero-order valence-corrected chi connectivity index (χ0v) is 8.83. The number of aromatic amines is 1. The van der Waals surface area contributed by atoms with E-state index in [9.17, 15) is 0 Å². The number of rotatable bonds is 4. The molecule has 0 spiro atoms. The van der Waals surface area contributed by atoms with Crippen LogP contribution in [0.15, 0.2) is 29.4 Å². The van der Waals surface area contributed by atoms with Gasteiger partial charge < -0.3 is 0 Å². The Kier molecular flexibility index (Phi) is 3.22. The van der Waals surface area contributed by atoms with Gasteiger partial charge in [-0.2, -0.15) is 0 Å². The maximum absolute atomic E-state index is 3.85. The van der Waals surface area contributed by atoms with Crippen LogP contribution in [0.25, 0.3) is 5.43 Å². The molecular formula is C10H11N6-. The van der Waals surface area contributed by atoms with Crippen LogP contribution < -0.4 is 0 Å². The number of aryl methyl sites for hydroxylation is 1. The largest absolute Gasteiger partial charge is 0.277 e. The van der Waals surface area contributed by atoms with E-state index in [2.05, 4.69) is 50.2 Å². The van der Waals surface area contributed by atoms with E-state index in [4.69, 9.17) is 0 Å². The lowest BCUT2D eigenvalue weighted by Gasteiger charge is -1.99. The fourth-order valence-corrected chi connectivity index (χ4v) is 1.19. The summed E-state index contributed by atoms with van der Waals surface area (Å²) in [6.07, 6.45) is 2.68. The number of tetrazole rings is 1. The molecule has 0 aliphatic heterocycles. The molecule has 0 aliphatic carbocycles. The van der Waals surface area contributed by atoms with E-state index >= 15 is 0 Å². The van der Waals surface area contributed by atoms with Gasteiger partial charge in [0.2, 0.25) is 0 Å². The van der Waals surface area contributed by atoms with Crippen molar-refractivity contribution >= 4 is 12.2 Å². The van der Waals surface area contributed by atoms with Crippen LogP contribution in [0.4, 0.5) is 5.95 Å². The van der Waals surface area contributed by atoms with Crippen molar-refractivity contribution in [2.45, 2.75) is 13.3 Å². The van der Waals surface area contributed by atoms with Gasteiger partial charge >= 0.3 is 0 Å². The molecular weight excluding hydrogens is 204 g/mol. The van der Waals surface area contributed by atoms with Crippen LogP contribution in [0, 0.1) is 0 Å². The quantitative estimate of drug-likeness (QED) is 0.623. The van der Waals surface area contributed by atoms with E-state index < -0.39 is 0 Å². The molecule has 1 heterocycles. The first-order valence-corrected chi connectivity index (χ1v) is 4.95. The third-order valence-corrected chi connectivity index (χ3v) is 2.08. The average molecular weight is 215 g/mol. The van der Waals surface area contributed by atoms with Crippen molar-refractivity contribution in [3.05, 3.63) is 40.8 Å². The van der Waals surface area contributed by atoms with Gasteiger partial charge in [0, 0.05) is 6.21 Å². The van der Waals surface area contributed by atoms with Crippen LogP contribution in [0.2, 0.25) is 0 Å². The molecule has 2 rings (SSSR count). The van der Waals surface area contributed by atoms with Gasteiger partial charge in [-0.25, -0.2) is 5.10 Å². The highest BCUT2D eigenvalue weighted by Crippen LogP contribution is 2.08. The monoisotopic (exact) mass is 215 g/mol. The SMILES string of the molecule is CCc1ccc(/C=N\[N-]c2nn[nH]n2)cc1. The summed E-state index contributed by atoms with van der Waals surface area (Å²) < 4.78 is 0. The van der Waals surface area contributed by atoms with Gasteiger partial charge in [-0.3, -0.25) is 20.8 Å². The topological polar surface area (TPSA) is 80.9 Å². The van der Waals surface area contributed by atoms with Gasteiger partial charge in [0.25, 0.3) is 0 Å². The van der Waals surface area contributed by atoms with Gasteiger partial charge in [0.15, 0.2) is 0 Å². The molecule has 6 nitrogen and oxygen atoms in total. The van der Waals surface area contributed by atoms with Crippen LogP contribution in [-0.2, 0) is 6.42 Å². The summed E-state index contributed by atoms with van der Waals surface area (Å²) in [7, 11) is 0. The van der Waals surface area contributed by atoms with E-state index in [1.165, 1.54) is 5.56 Å². The smallest absolute Gasteiger partial charge is 0.0830 e. The fourth-order valence-electron chi connectivity index (χ4n) is 1.19. The highest BCUT2D eigenvalue weighted by Gasteiger charge is 1.89. The minimum Gasteiger partial charge on any atom is -0.277 e. The van der Waals surface area contributed by atoms with Crippen LogP contribution in [0.5, 0.6) is 0 Å². The van der Waals surface area contributed by atoms with Crippen LogP contribution >= 0.6 is 0 Å². The third kappa shape index (κ3) is 2.63. The Morgan fingerprint density at radius 2 is 2.19 bits per heavy atom. The second-order valence-electron chi connectivity index (χ2n) is 3.15. The van der Waals surface area contributed by atoms with E-state index in [1.54, 1.807) is 6.21 Å².